The highest BCUT2D eigenvalue weighted by Gasteiger charge is 2.30. The Morgan fingerprint density at radius 2 is 1.77 bits per heavy atom. The van der Waals surface area contributed by atoms with Crippen LogP contribution in [0.1, 0.15) is 22.3 Å². The van der Waals surface area contributed by atoms with Crippen molar-refractivity contribution in [2.45, 2.75) is 18.0 Å². The Kier molecular flexibility index (Phi) is 5.18. The van der Waals surface area contributed by atoms with Crippen LogP contribution in [0.3, 0.4) is 0 Å². The second-order valence-corrected chi connectivity index (χ2v) is 6.41. The first kappa shape index (κ1) is 18.3. The number of carbonyl (C=O) groups excluding carboxylic acids is 1. The van der Waals surface area contributed by atoms with Gasteiger partial charge in [0.1, 0.15) is 0 Å². The minimum Gasteiger partial charge on any atom is -0.322 e. The molecule has 0 bridgehead atoms. The van der Waals surface area contributed by atoms with E-state index in [0.29, 0.717) is 28.8 Å². The number of amides is 1. The molecule has 0 saturated carbocycles. The van der Waals surface area contributed by atoms with Gasteiger partial charge in [0.25, 0.3) is 5.91 Å². The predicted molar refractivity (Wildman–Crippen MR) is 95.8 cm³/mol. The summed E-state index contributed by atoms with van der Waals surface area (Å²) in [5.41, 5.74) is 1.34. The summed E-state index contributed by atoms with van der Waals surface area (Å²) in [4.78, 5) is 12.6. The Bertz CT molecular complexity index is 869. The van der Waals surface area contributed by atoms with E-state index in [0.717, 1.165) is 12.1 Å². The third-order valence-corrected chi connectivity index (χ3v) is 4.28. The van der Waals surface area contributed by atoms with Crippen molar-refractivity contribution in [1.82, 2.24) is 5.32 Å². The Morgan fingerprint density at radius 1 is 1.08 bits per heavy atom. The Balaban J connectivity index is 1.88. The number of hydrogen-bond acceptors (Lipinski definition) is 1. The van der Waals surface area contributed by atoms with Crippen molar-refractivity contribution in [1.29, 1.82) is 0 Å². The molecule has 1 amide bonds. The lowest BCUT2D eigenvalue weighted by Gasteiger charge is -2.14. The van der Waals surface area contributed by atoms with Crippen molar-refractivity contribution in [3.63, 3.8) is 0 Å². The molecule has 1 aliphatic rings. The second kappa shape index (κ2) is 7.38. The van der Waals surface area contributed by atoms with Crippen molar-refractivity contribution in [2.24, 2.45) is 0 Å². The summed E-state index contributed by atoms with van der Waals surface area (Å²) in [7, 11) is 0. The smallest absolute Gasteiger partial charge is 0.322 e. The van der Waals surface area contributed by atoms with Gasteiger partial charge in [0, 0.05) is 11.3 Å². The minimum absolute atomic E-state index is 0.180. The molecular weight excluding hydrogens is 363 g/mol. The highest BCUT2D eigenvalue weighted by Crippen LogP contribution is 2.32. The van der Waals surface area contributed by atoms with Crippen LogP contribution >= 0.6 is 11.6 Å². The van der Waals surface area contributed by atoms with E-state index in [1.54, 1.807) is 36.4 Å². The third kappa shape index (κ3) is 4.17. The van der Waals surface area contributed by atoms with Crippen molar-refractivity contribution < 1.29 is 18.0 Å². The molecule has 2 aromatic rings. The monoisotopic (exact) mass is 377 g/mol. The Labute approximate surface area is 154 Å². The van der Waals surface area contributed by atoms with Crippen LogP contribution < -0.4 is 5.32 Å². The third-order valence-electron chi connectivity index (χ3n) is 3.97. The molecular formula is C20H15ClF3NO. The molecule has 1 N–H and O–H groups in total. The van der Waals surface area contributed by atoms with Gasteiger partial charge in [0.05, 0.1) is 10.9 Å². The second-order valence-electron chi connectivity index (χ2n) is 5.85. The highest BCUT2D eigenvalue weighted by molar-refractivity contribution is 6.22. The van der Waals surface area contributed by atoms with Gasteiger partial charge in [-0.05, 0) is 47.9 Å². The zero-order chi connectivity index (χ0) is 18.7. The molecule has 0 aromatic heterocycles. The van der Waals surface area contributed by atoms with Gasteiger partial charge in [0.2, 0.25) is 0 Å². The van der Waals surface area contributed by atoms with Crippen LogP contribution in [0.15, 0.2) is 72.5 Å². The number of rotatable bonds is 3. The lowest BCUT2D eigenvalue weighted by atomic mass is 9.98. The predicted octanol–water partition coefficient (Wildman–Crippen LogP) is 5.55. The fourth-order valence-corrected chi connectivity index (χ4v) is 2.94. The van der Waals surface area contributed by atoms with E-state index < -0.39 is 11.7 Å². The number of halogens is 4. The van der Waals surface area contributed by atoms with E-state index in [9.17, 15) is 18.0 Å². The average molecular weight is 378 g/mol. The van der Waals surface area contributed by atoms with Crippen LogP contribution in [0.5, 0.6) is 0 Å². The van der Waals surface area contributed by atoms with Crippen LogP contribution in [0, 0.1) is 0 Å². The van der Waals surface area contributed by atoms with Crippen molar-refractivity contribution >= 4 is 17.5 Å². The summed E-state index contributed by atoms with van der Waals surface area (Å²) < 4.78 is 38.2. The summed E-state index contributed by atoms with van der Waals surface area (Å²) in [5, 5.41) is 2.60. The first-order valence-corrected chi connectivity index (χ1v) is 8.38. The summed E-state index contributed by atoms with van der Waals surface area (Å²) >= 11 is 6.05. The summed E-state index contributed by atoms with van der Waals surface area (Å²) in [6, 6.07) is 11.5. The van der Waals surface area contributed by atoms with E-state index in [-0.39, 0.29) is 11.3 Å². The Hall–Kier alpha value is -2.53. The number of carbonyl (C=O) groups is 1. The number of allylic oxidation sites excluding steroid dienone is 3. The normalized spacial score (nSPS) is 16.9. The van der Waals surface area contributed by atoms with Crippen LogP contribution in [-0.2, 0) is 6.18 Å². The van der Waals surface area contributed by atoms with Crippen LogP contribution in [0.25, 0.3) is 11.1 Å². The van der Waals surface area contributed by atoms with Gasteiger partial charge in [-0.25, -0.2) is 0 Å². The van der Waals surface area contributed by atoms with E-state index in [2.05, 4.69) is 5.32 Å². The molecule has 134 valence electrons. The van der Waals surface area contributed by atoms with Crippen molar-refractivity contribution in [3.05, 3.63) is 83.6 Å². The van der Waals surface area contributed by atoms with Crippen LogP contribution in [0.2, 0.25) is 0 Å². The quantitative estimate of drug-likeness (QED) is 0.698. The van der Waals surface area contributed by atoms with E-state index >= 15 is 0 Å². The molecule has 6 heteroatoms. The maximum atomic E-state index is 12.7. The van der Waals surface area contributed by atoms with Crippen molar-refractivity contribution in [3.8, 4) is 11.1 Å². The maximum absolute atomic E-state index is 12.7. The molecule has 0 saturated heterocycles. The summed E-state index contributed by atoms with van der Waals surface area (Å²) in [5.74, 6) is -0.345. The van der Waals surface area contributed by atoms with Gasteiger partial charge in [-0.3, -0.25) is 4.79 Å². The first-order valence-electron chi connectivity index (χ1n) is 7.95. The molecule has 26 heavy (non-hydrogen) atoms. The molecule has 2 nitrogen and oxygen atoms in total. The van der Waals surface area contributed by atoms with Crippen LogP contribution in [-0.4, -0.2) is 11.3 Å². The first-order chi connectivity index (χ1) is 12.3. The molecule has 0 fully saturated rings. The average Bonchev–Trinajstić information content (AvgIpc) is 2.61. The number of benzene rings is 2. The molecule has 0 heterocycles. The lowest BCUT2D eigenvalue weighted by molar-refractivity contribution is -0.137. The van der Waals surface area contributed by atoms with Gasteiger partial charge in [-0.15, -0.1) is 11.6 Å². The maximum Gasteiger partial charge on any atom is 0.416 e. The van der Waals surface area contributed by atoms with Gasteiger partial charge in [0.15, 0.2) is 0 Å². The molecule has 1 atom stereocenters. The summed E-state index contributed by atoms with van der Waals surface area (Å²) in [6.45, 7) is 0. The van der Waals surface area contributed by atoms with Gasteiger partial charge < -0.3 is 5.32 Å². The van der Waals surface area contributed by atoms with Crippen molar-refractivity contribution in [2.75, 3.05) is 0 Å². The van der Waals surface area contributed by atoms with E-state index in [4.69, 9.17) is 11.6 Å². The molecule has 0 spiro atoms. The standard InChI is InChI=1S/C20H15ClF3NO/c21-15-4-3-5-16(12-15)25-19(26)18-7-2-1-6-17(18)13-8-10-14(11-9-13)20(22,23)24/h1-3,5-12,15H,4H2,(H,25,26). The molecule has 0 radical (unpaired) electrons. The molecule has 0 aliphatic heterocycles. The Morgan fingerprint density at radius 3 is 2.42 bits per heavy atom. The van der Waals surface area contributed by atoms with Gasteiger partial charge in [-0.1, -0.05) is 36.4 Å². The minimum atomic E-state index is -4.40. The number of hydrogen-bond donors (Lipinski definition) is 1. The zero-order valence-electron chi connectivity index (χ0n) is 13.6. The number of alkyl halides is 4. The van der Waals surface area contributed by atoms with Gasteiger partial charge >= 0.3 is 6.18 Å². The topological polar surface area (TPSA) is 29.1 Å². The fraction of sp³-hybridized carbons (Fsp3) is 0.150. The number of nitrogens with one attached hydrogen (secondary N) is 1. The summed E-state index contributed by atoms with van der Waals surface area (Å²) in [6.07, 6.45) is 1.70. The molecule has 3 rings (SSSR count). The molecule has 2 aromatic carbocycles. The largest absolute Gasteiger partial charge is 0.416 e. The lowest BCUT2D eigenvalue weighted by Crippen LogP contribution is -2.24. The fourth-order valence-electron chi connectivity index (χ4n) is 2.70. The molecule has 1 unspecified atom stereocenters. The van der Waals surface area contributed by atoms with E-state index in [1.807, 2.05) is 6.08 Å². The van der Waals surface area contributed by atoms with Crippen LogP contribution in [0.4, 0.5) is 13.2 Å². The zero-order valence-corrected chi connectivity index (χ0v) is 14.3. The highest BCUT2D eigenvalue weighted by atomic mass is 35.5. The SMILES string of the molecule is O=C(NC1=CC(Cl)CC=C1)c1ccccc1-c1ccc(C(F)(F)F)cc1. The van der Waals surface area contributed by atoms with Gasteiger partial charge in [-0.2, -0.15) is 13.2 Å². The molecule has 1 aliphatic carbocycles. The van der Waals surface area contributed by atoms with E-state index in [1.165, 1.54) is 12.1 Å².